The van der Waals surface area contributed by atoms with E-state index in [0.29, 0.717) is 5.56 Å². The molecule has 1 atom stereocenters. The van der Waals surface area contributed by atoms with Crippen molar-refractivity contribution in [1.29, 1.82) is 0 Å². The number of nitrogens with one attached hydrogen (secondary N) is 1. The summed E-state index contributed by atoms with van der Waals surface area (Å²) in [5.74, 6) is -2.29. The molecule has 0 aliphatic carbocycles. The highest BCUT2D eigenvalue weighted by atomic mass is 19.1. The number of ether oxygens (including phenoxy) is 1. The number of benzene rings is 2. The highest BCUT2D eigenvalue weighted by Crippen LogP contribution is 2.26. The van der Waals surface area contributed by atoms with Crippen LogP contribution in [0.4, 0.5) is 18.0 Å². The fourth-order valence-electron chi connectivity index (χ4n) is 2.71. The maximum Gasteiger partial charge on any atom is 0.416 e. The van der Waals surface area contributed by atoms with E-state index in [4.69, 9.17) is 4.74 Å². The molecule has 0 fully saturated rings. The molecule has 1 heterocycles. The molecule has 1 aliphatic rings. The Morgan fingerprint density at radius 2 is 1.92 bits per heavy atom. The molecule has 26 heavy (non-hydrogen) atoms. The van der Waals surface area contributed by atoms with Crippen LogP contribution < -0.4 is 10.1 Å². The fourth-order valence-corrected chi connectivity index (χ4v) is 2.71. The first-order valence-electron chi connectivity index (χ1n) is 7.83. The average Bonchev–Trinajstić information content (AvgIpc) is 2.55. The Labute approximate surface area is 148 Å². The Morgan fingerprint density at radius 1 is 1.23 bits per heavy atom. The van der Waals surface area contributed by atoms with Gasteiger partial charge >= 0.3 is 6.09 Å². The third-order valence-electron chi connectivity index (χ3n) is 3.98. The van der Waals surface area contributed by atoms with Gasteiger partial charge in [-0.15, -0.1) is 0 Å². The van der Waals surface area contributed by atoms with Crippen molar-refractivity contribution in [2.75, 3.05) is 6.54 Å². The van der Waals surface area contributed by atoms with E-state index in [0.717, 1.165) is 17.0 Å². The van der Waals surface area contributed by atoms with Gasteiger partial charge in [-0.25, -0.2) is 18.0 Å². The van der Waals surface area contributed by atoms with Crippen molar-refractivity contribution in [3.05, 3.63) is 65.0 Å². The second-order valence-corrected chi connectivity index (χ2v) is 5.93. The van der Waals surface area contributed by atoms with Crippen LogP contribution in [0.1, 0.15) is 25.5 Å². The summed E-state index contributed by atoms with van der Waals surface area (Å²) < 4.78 is 45.1. The Bertz CT molecular complexity index is 879. The molecule has 138 valence electrons. The first-order valence-corrected chi connectivity index (χ1v) is 7.83. The van der Waals surface area contributed by atoms with Crippen LogP contribution in [0.5, 0.6) is 5.75 Å². The number of nitrogens with zero attached hydrogens (tertiary/aromatic N) is 1. The van der Waals surface area contributed by atoms with E-state index >= 15 is 0 Å². The van der Waals surface area contributed by atoms with Crippen molar-refractivity contribution < 1.29 is 28.9 Å². The second kappa shape index (κ2) is 7.07. The van der Waals surface area contributed by atoms with Gasteiger partial charge in [0.1, 0.15) is 29.7 Å². The molecule has 8 heteroatoms. The lowest BCUT2D eigenvalue weighted by molar-refractivity contribution is -0.122. The number of fused-ring (bicyclic) bond motifs is 1. The largest absolute Gasteiger partial charge is 0.416 e. The standard InChI is InChI=1S/C18H15F3N2O3.H2/c1-10(14-4-2-13(20)7-15(14)21)22-17(24)9-23-8-11-6-12(19)3-5-16(11)26-18(23)25;/h2-7,10H,8-9H2,1H3,(H,22,24);1H/t10-;/m1./s1. The van der Waals surface area contributed by atoms with Gasteiger partial charge < -0.3 is 10.1 Å². The van der Waals surface area contributed by atoms with Gasteiger partial charge in [-0.05, 0) is 31.2 Å². The summed E-state index contributed by atoms with van der Waals surface area (Å²) in [6, 6.07) is 6.08. The predicted octanol–water partition coefficient (Wildman–Crippen LogP) is 3.54. The first-order chi connectivity index (χ1) is 12.3. The van der Waals surface area contributed by atoms with E-state index in [1.807, 2.05) is 0 Å². The van der Waals surface area contributed by atoms with Crippen LogP contribution in [0, 0.1) is 17.5 Å². The van der Waals surface area contributed by atoms with Gasteiger partial charge in [0.25, 0.3) is 0 Å². The maximum atomic E-state index is 13.8. The van der Waals surface area contributed by atoms with Crippen LogP contribution in [0.25, 0.3) is 0 Å². The molecular formula is C18H17F3N2O3. The molecule has 0 radical (unpaired) electrons. The highest BCUT2D eigenvalue weighted by Gasteiger charge is 2.27. The van der Waals surface area contributed by atoms with Crippen molar-refractivity contribution in [2.24, 2.45) is 0 Å². The number of hydrogen-bond acceptors (Lipinski definition) is 3. The molecule has 3 rings (SSSR count). The number of carbonyl (C=O) groups excluding carboxylic acids is 2. The van der Waals surface area contributed by atoms with Gasteiger partial charge in [0, 0.05) is 18.6 Å². The van der Waals surface area contributed by atoms with Crippen LogP contribution in [0.15, 0.2) is 36.4 Å². The Kier molecular flexibility index (Phi) is 4.83. The van der Waals surface area contributed by atoms with Gasteiger partial charge in [-0.3, -0.25) is 9.69 Å². The molecule has 2 aromatic rings. The van der Waals surface area contributed by atoms with Crippen LogP contribution >= 0.6 is 0 Å². The molecule has 0 spiro atoms. The molecule has 1 N–H and O–H groups in total. The maximum absolute atomic E-state index is 13.8. The van der Waals surface area contributed by atoms with Crippen molar-refractivity contribution >= 4 is 12.0 Å². The van der Waals surface area contributed by atoms with Crippen molar-refractivity contribution in [2.45, 2.75) is 19.5 Å². The Hall–Kier alpha value is -3.03. The third kappa shape index (κ3) is 3.79. The molecule has 0 saturated carbocycles. The molecule has 5 nitrogen and oxygen atoms in total. The normalized spacial score (nSPS) is 14.5. The van der Waals surface area contributed by atoms with Crippen LogP contribution in [-0.2, 0) is 11.3 Å². The molecule has 0 saturated heterocycles. The predicted molar refractivity (Wildman–Crippen MR) is 87.9 cm³/mol. The molecule has 2 amide bonds. The smallest absolute Gasteiger partial charge is 0.410 e. The zero-order chi connectivity index (χ0) is 18.8. The number of amides is 2. The number of rotatable bonds is 4. The SMILES string of the molecule is C[C@@H](NC(=O)CN1Cc2cc(F)ccc2OC1=O)c1ccc(F)cc1F.[HH]. The minimum atomic E-state index is -0.778. The van der Waals surface area contributed by atoms with Crippen LogP contribution in [-0.4, -0.2) is 23.4 Å². The second-order valence-electron chi connectivity index (χ2n) is 5.93. The highest BCUT2D eigenvalue weighted by molar-refractivity contribution is 5.84. The van der Waals surface area contributed by atoms with Crippen molar-refractivity contribution in [3.8, 4) is 5.75 Å². The average molecular weight is 366 g/mol. The van der Waals surface area contributed by atoms with E-state index in [9.17, 15) is 22.8 Å². The van der Waals surface area contributed by atoms with E-state index < -0.39 is 35.5 Å². The monoisotopic (exact) mass is 366 g/mol. The van der Waals surface area contributed by atoms with Crippen LogP contribution in [0.3, 0.4) is 0 Å². The van der Waals surface area contributed by atoms with Gasteiger partial charge in [0.05, 0.1) is 12.6 Å². The summed E-state index contributed by atoms with van der Waals surface area (Å²) in [7, 11) is 0. The summed E-state index contributed by atoms with van der Waals surface area (Å²) in [5.41, 5.74) is 0.559. The van der Waals surface area contributed by atoms with E-state index in [-0.39, 0.29) is 25.8 Å². The van der Waals surface area contributed by atoms with Gasteiger partial charge in [-0.1, -0.05) is 6.07 Å². The molecule has 0 bridgehead atoms. The van der Waals surface area contributed by atoms with Crippen molar-refractivity contribution in [1.82, 2.24) is 10.2 Å². The summed E-state index contributed by atoms with van der Waals surface area (Å²) >= 11 is 0. The molecule has 2 aromatic carbocycles. The summed E-state index contributed by atoms with van der Waals surface area (Å²) in [6.07, 6.45) is -0.736. The minimum absolute atomic E-state index is 0. The summed E-state index contributed by atoms with van der Waals surface area (Å²) in [5, 5.41) is 2.53. The zero-order valence-electron chi connectivity index (χ0n) is 13.8. The number of halogens is 3. The number of hydrogen-bond donors (Lipinski definition) is 1. The lowest BCUT2D eigenvalue weighted by Gasteiger charge is -2.28. The Morgan fingerprint density at radius 3 is 2.65 bits per heavy atom. The topological polar surface area (TPSA) is 58.6 Å². The first kappa shape index (κ1) is 17.8. The molecule has 0 aromatic heterocycles. The summed E-state index contributed by atoms with van der Waals surface area (Å²) in [4.78, 5) is 25.2. The molecule has 0 unspecified atom stereocenters. The van der Waals surface area contributed by atoms with E-state index in [2.05, 4.69) is 5.32 Å². The van der Waals surface area contributed by atoms with Gasteiger partial charge in [-0.2, -0.15) is 0 Å². The van der Waals surface area contributed by atoms with Crippen molar-refractivity contribution in [3.63, 3.8) is 0 Å². The Balaban J connectivity index is 0.00000261. The van der Waals surface area contributed by atoms with Gasteiger partial charge in [0.2, 0.25) is 5.91 Å². The van der Waals surface area contributed by atoms with Crippen LogP contribution in [0.2, 0.25) is 0 Å². The lowest BCUT2D eigenvalue weighted by Crippen LogP contribution is -2.44. The minimum Gasteiger partial charge on any atom is -0.410 e. The molecular weight excluding hydrogens is 349 g/mol. The zero-order valence-corrected chi connectivity index (χ0v) is 13.8. The lowest BCUT2D eigenvalue weighted by atomic mass is 10.1. The fraction of sp³-hybridized carbons (Fsp3) is 0.222. The van der Waals surface area contributed by atoms with E-state index in [1.165, 1.54) is 31.2 Å². The van der Waals surface area contributed by atoms with Gasteiger partial charge in [0.15, 0.2) is 0 Å². The quantitative estimate of drug-likeness (QED) is 0.900. The molecule has 1 aliphatic heterocycles. The number of carbonyl (C=O) groups is 2. The third-order valence-corrected chi connectivity index (χ3v) is 3.98. The summed E-state index contributed by atoms with van der Waals surface area (Å²) in [6.45, 7) is 1.20. The van der Waals surface area contributed by atoms with E-state index in [1.54, 1.807) is 0 Å².